The minimum Gasteiger partial charge on any atom is -0.399 e. The van der Waals surface area contributed by atoms with Gasteiger partial charge in [-0.05, 0) is 49.5 Å². The second-order valence-corrected chi connectivity index (χ2v) is 5.11. The number of aliphatic hydroxyl groups is 2. The third-order valence-corrected chi connectivity index (χ3v) is 3.72. The molecule has 1 heterocycles. The van der Waals surface area contributed by atoms with Gasteiger partial charge in [0.2, 0.25) is 0 Å². The summed E-state index contributed by atoms with van der Waals surface area (Å²) in [6.45, 7) is 2.85. The first kappa shape index (κ1) is 13.3. The number of aliphatic hydroxyl groups excluding tert-OH is 2. The Morgan fingerprint density at radius 1 is 1.22 bits per heavy atom. The molecule has 0 aromatic heterocycles. The number of anilines is 1. The molecule has 0 amide bonds. The quantitative estimate of drug-likeness (QED) is 0.697. The summed E-state index contributed by atoms with van der Waals surface area (Å²) < 4.78 is 0. The van der Waals surface area contributed by atoms with Crippen molar-refractivity contribution < 1.29 is 10.2 Å². The molecule has 0 aliphatic carbocycles. The first-order chi connectivity index (χ1) is 8.69. The maximum absolute atomic E-state index is 10.2. The van der Waals surface area contributed by atoms with E-state index in [2.05, 4.69) is 4.90 Å². The predicted molar refractivity (Wildman–Crippen MR) is 72.1 cm³/mol. The SMILES string of the molecule is Nc1ccc(C(O)CN2CCC(CO)CC2)cc1. The molecular weight excluding hydrogens is 228 g/mol. The molecule has 100 valence electrons. The van der Waals surface area contributed by atoms with Gasteiger partial charge < -0.3 is 20.8 Å². The maximum Gasteiger partial charge on any atom is 0.0916 e. The zero-order chi connectivity index (χ0) is 13.0. The van der Waals surface area contributed by atoms with Gasteiger partial charge in [0.1, 0.15) is 0 Å². The van der Waals surface area contributed by atoms with Crippen LogP contribution in [0.5, 0.6) is 0 Å². The molecule has 4 N–H and O–H groups in total. The van der Waals surface area contributed by atoms with Gasteiger partial charge in [-0.1, -0.05) is 12.1 Å². The highest BCUT2D eigenvalue weighted by Gasteiger charge is 2.20. The van der Waals surface area contributed by atoms with E-state index in [-0.39, 0.29) is 6.61 Å². The summed E-state index contributed by atoms with van der Waals surface area (Å²) in [7, 11) is 0. The van der Waals surface area contributed by atoms with Gasteiger partial charge in [0.15, 0.2) is 0 Å². The summed E-state index contributed by atoms with van der Waals surface area (Å²) in [5.41, 5.74) is 7.25. The van der Waals surface area contributed by atoms with Gasteiger partial charge >= 0.3 is 0 Å². The third kappa shape index (κ3) is 3.45. The second kappa shape index (κ2) is 6.18. The zero-order valence-corrected chi connectivity index (χ0v) is 10.6. The zero-order valence-electron chi connectivity index (χ0n) is 10.6. The molecule has 4 heteroatoms. The van der Waals surface area contributed by atoms with Gasteiger partial charge in [-0.2, -0.15) is 0 Å². The van der Waals surface area contributed by atoms with Crippen LogP contribution < -0.4 is 5.73 Å². The number of hydrogen-bond donors (Lipinski definition) is 3. The number of nitrogen functional groups attached to an aromatic ring is 1. The first-order valence-electron chi connectivity index (χ1n) is 6.55. The Labute approximate surface area is 108 Å². The van der Waals surface area contributed by atoms with Crippen LogP contribution in [0.25, 0.3) is 0 Å². The summed E-state index contributed by atoms with van der Waals surface area (Å²) in [4.78, 5) is 2.26. The first-order valence-corrected chi connectivity index (χ1v) is 6.55. The summed E-state index contributed by atoms with van der Waals surface area (Å²) in [5.74, 6) is 0.440. The Morgan fingerprint density at radius 3 is 2.39 bits per heavy atom. The molecule has 1 aromatic carbocycles. The van der Waals surface area contributed by atoms with E-state index >= 15 is 0 Å². The van der Waals surface area contributed by atoms with Crippen LogP contribution in [0.3, 0.4) is 0 Å². The van der Waals surface area contributed by atoms with E-state index in [1.165, 1.54) is 0 Å². The predicted octanol–water partition coefficient (Wildman–Crippen LogP) is 1.01. The Morgan fingerprint density at radius 2 is 1.83 bits per heavy atom. The number of rotatable bonds is 4. The number of nitrogens with two attached hydrogens (primary N) is 1. The number of piperidine rings is 1. The molecule has 0 saturated carbocycles. The van der Waals surface area contributed by atoms with Crippen molar-refractivity contribution in [2.45, 2.75) is 18.9 Å². The number of likely N-dealkylation sites (tertiary alicyclic amines) is 1. The van der Waals surface area contributed by atoms with Crippen LogP contribution in [-0.2, 0) is 0 Å². The second-order valence-electron chi connectivity index (χ2n) is 5.11. The van der Waals surface area contributed by atoms with Crippen molar-refractivity contribution in [3.05, 3.63) is 29.8 Å². The fourth-order valence-electron chi connectivity index (χ4n) is 2.42. The molecule has 18 heavy (non-hydrogen) atoms. The standard InChI is InChI=1S/C14H22N2O2/c15-13-3-1-12(2-4-13)14(18)9-16-7-5-11(10-17)6-8-16/h1-4,11,14,17-18H,5-10,15H2. The van der Waals surface area contributed by atoms with Crippen LogP contribution in [0.4, 0.5) is 5.69 Å². The fourth-order valence-corrected chi connectivity index (χ4v) is 2.42. The van der Waals surface area contributed by atoms with Gasteiger partial charge in [-0.15, -0.1) is 0 Å². The average molecular weight is 250 g/mol. The van der Waals surface area contributed by atoms with Crippen molar-refractivity contribution in [2.24, 2.45) is 5.92 Å². The molecule has 0 spiro atoms. The smallest absolute Gasteiger partial charge is 0.0916 e. The largest absolute Gasteiger partial charge is 0.399 e. The Bertz CT molecular complexity index is 359. The minimum absolute atomic E-state index is 0.286. The minimum atomic E-state index is -0.462. The van der Waals surface area contributed by atoms with E-state index in [4.69, 9.17) is 10.8 Å². The molecular formula is C14H22N2O2. The van der Waals surface area contributed by atoms with Gasteiger partial charge in [-0.3, -0.25) is 0 Å². The van der Waals surface area contributed by atoms with Crippen LogP contribution in [0, 0.1) is 5.92 Å². The van der Waals surface area contributed by atoms with Crippen LogP contribution in [0.1, 0.15) is 24.5 Å². The van der Waals surface area contributed by atoms with Gasteiger partial charge in [0.25, 0.3) is 0 Å². The van der Waals surface area contributed by atoms with Gasteiger partial charge in [0, 0.05) is 18.8 Å². The lowest BCUT2D eigenvalue weighted by molar-refractivity contribution is 0.0763. The molecule has 1 saturated heterocycles. The molecule has 1 aliphatic heterocycles. The number of nitrogens with zero attached hydrogens (tertiary/aromatic N) is 1. The molecule has 1 aliphatic rings. The summed E-state index contributed by atoms with van der Waals surface area (Å²) in [6.07, 6.45) is 1.58. The van der Waals surface area contributed by atoms with Crippen molar-refractivity contribution in [1.82, 2.24) is 4.90 Å². The highest BCUT2D eigenvalue weighted by molar-refractivity contribution is 5.39. The Kier molecular flexibility index (Phi) is 4.58. The van der Waals surface area contributed by atoms with Crippen LogP contribution >= 0.6 is 0 Å². The van der Waals surface area contributed by atoms with Crippen LogP contribution in [-0.4, -0.2) is 41.4 Å². The number of hydrogen-bond acceptors (Lipinski definition) is 4. The fraction of sp³-hybridized carbons (Fsp3) is 0.571. The average Bonchev–Trinajstić information content (AvgIpc) is 2.40. The molecule has 1 aromatic rings. The topological polar surface area (TPSA) is 69.7 Å². The highest BCUT2D eigenvalue weighted by atomic mass is 16.3. The van der Waals surface area contributed by atoms with E-state index < -0.39 is 6.10 Å². The van der Waals surface area contributed by atoms with Crippen molar-refractivity contribution >= 4 is 5.69 Å². The molecule has 1 fully saturated rings. The normalized spacial score (nSPS) is 19.9. The van der Waals surface area contributed by atoms with E-state index in [0.29, 0.717) is 12.5 Å². The van der Waals surface area contributed by atoms with Crippen LogP contribution in [0.15, 0.2) is 24.3 Å². The van der Waals surface area contributed by atoms with Crippen molar-refractivity contribution in [1.29, 1.82) is 0 Å². The molecule has 2 rings (SSSR count). The molecule has 0 radical (unpaired) electrons. The third-order valence-electron chi connectivity index (χ3n) is 3.72. The lowest BCUT2D eigenvalue weighted by Gasteiger charge is -2.32. The molecule has 1 atom stereocenters. The van der Waals surface area contributed by atoms with Crippen molar-refractivity contribution in [3.63, 3.8) is 0 Å². The van der Waals surface area contributed by atoms with E-state index in [0.717, 1.165) is 37.2 Å². The summed E-state index contributed by atoms with van der Waals surface area (Å²) in [6, 6.07) is 7.38. The maximum atomic E-state index is 10.2. The van der Waals surface area contributed by atoms with E-state index in [1.807, 2.05) is 24.3 Å². The summed E-state index contributed by atoms with van der Waals surface area (Å²) in [5, 5.41) is 19.2. The van der Waals surface area contributed by atoms with E-state index in [1.54, 1.807) is 0 Å². The molecule has 4 nitrogen and oxygen atoms in total. The Balaban J connectivity index is 1.84. The molecule has 0 bridgehead atoms. The lowest BCUT2D eigenvalue weighted by atomic mass is 9.97. The monoisotopic (exact) mass is 250 g/mol. The van der Waals surface area contributed by atoms with Gasteiger partial charge in [-0.25, -0.2) is 0 Å². The lowest BCUT2D eigenvalue weighted by Crippen LogP contribution is -2.37. The van der Waals surface area contributed by atoms with Crippen LogP contribution in [0.2, 0.25) is 0 Å². The van der Waals surface area contributed by atoms with Gasteiger partial charge in [0.05, 0.1) is 6.10 Å². The highest BCUT2D eigenvalue weighted by Crippen LogP contribution is 2.20. The number of β-amino-alcohol motifs (C(OH)–C–C–N with tert-alkyl or cyclic N) is 1. The summed E-state index contributed by atoms with van der Waals surface area (Å²) >= 11 is 0. The van der Waals surface area contributed by atoms with Crippen molar-refractivity contribution in [3.8, 4) is 0 Å². The van der Waals surface area contributed by atoms with E-state index in [9.17, 15) is 5.11 Å². The van der Waals surface area contributed by atoms with Crippen molar-refractivity contribution in [2.75, 3.05) is 32.0 Å². The molecule has 1 unspecified atom stereocenters. The Hall–Kier alpha value is -1.10. The number of benzene rings is 1.